The molecule has 33 heavy (non-hydrogen) atoms. The number of benzene rings is 3. The van der Waals surface area contributed by atoms with E-state index < -0.39 is 11.9 Å². The molecule has 1 N–H and O–H groups in total. The van der Waals surface area contributed by atoms with Gasteiger partial charge in [0.05, 0.1) is 23.4 Å². The number of hydrazone groups is 1. The lowest BCUT2D eigenvalue weighted by Crippen LogP contribution is -2.24. The molecule has 3 aromatic rings. The molecule has 0 fully saturated rings. The van der Waals surface area contributed by atoms with Crippen molar-refractivity contribution >= 4 is 61.6 Å². The summed E-state index contributed by atoms with van der Waals surface area (Å²) in [5.41, 5.74) is 3.40. The van der Waals surface area contributed by atoms with Crippen molar-refractivity contribution in [3.8, 4) is 17.2 Å². The molecule has 0 heterocycles. The molecule has 0 aliphatic carbocycles. The molecule has 0 saturated carbocycles. The second-order valence-corrected chi connectivity index (χ2v) is 8.67. The summed E-state index contributed by atoms with van der Waals surface area (Å²) in [5, 5.41) is 4.46. The van der Waals surface area contributed by atoms with Crippen molar-refractivity contribution < 1.29 is 23.8 Å². The lowest BCUT2D eigenvalue weighted by atomic mass is 10.2. The zero-order chi connectivity index (χ0) is 23.8. The number of nitrogens with one attached hydrogen (secondary N) is 1. The Hall–Kier alpha value is -2.88. The summed E-state index contributed by atoms with van der Waals surface area (Å²) >= 11 is 12.5. The quantitative estimate of drug-likeness (QED) is 0.158. The molecule has 3 rings (SSSR count). The Morgan fingerprint density at radius 2 is 1.73 bits per heavy atom. The second-order valence-electron chi connectivity index (χ2n) is 6.46. The van der Waals surface area contributed by atoms with Crippen molar-refractivity contribution in [1.29, 1.82) is 0 Å². The third-order valence-electron chi connectivity index (χ3n) is 4.13. The van der Waals surface area contributed by atoms with Gasteiger partial charge < -0.3 is 14.2 Å². The van der Waals surface area contributed by atoms with Crippen LogP contribution in [-0.2, 0) is 4.79 Å². The van der Waals surface area contributed by atoms with Crippen LogP contribution in [0.3, 0.4) is 0 Å². The summed E-state index contributed by atoms with van der Waals surface area (Å²) in [5.74, 6) is 0.124. The summed E-state index contributed by atoms with van der Waals surface area (Å²) in [6.45, 7) is -0.230. The third-order valence-corrected chi connectivity index (χ3v) is 5.51. The number of methoxy groups -OCH3 is 1. The van der Waals surface area contributed by atoms with E-state index in [0.717, 1.165) is 4.47 Å². The van der Waals surface area contributed by atoms with Gasteiger partial charge in [-0.25, -0.2) is 10.2 Å². The van der Waals surface area contributed by atoms with Crippen LogP contribution in [0, 0.1) is 0 Å². The highest BCUT2D eigenvalue weighted by Crippen LogP contribution is 2.29. The Morgan fingerprint density at radius 1 is 1.00 bits per heavy atom. The number of halogens is 3. The topological polar surface area (TPSA) is 86.2 Å². The predicted molar refractivity (Wildman–Crippen MR) is 132 cm³/mol. The van der Waals surface area contributed by atoms with Crippen molar-refractivity contribution in [1.82, 2.24) is 5.43 Å². The van der Waals surface area contributed by atoms with Crippen LogP contribution in [0.25, 0.3) is 0 Å². The SMILES string of the molecule is COc1cc(/C=N\NC(=O)COc2ccc(Cl)cc2Br)ccc1OC(=O)c1ccc(Br)cc1. The number of nitrogens with zero attached hydrogens (tertiary/aromatic N) is 1. The number of carbonyl (C=O) groups excluding carboxylic acids is 2. The van der Waals surface area contributed by atoms with E-state index >= 15 is 0 Å². The van der Waals surface area contributed by atoms with Gasteiger partial charge in [0.25, 0.3) is 5.91 Å². The third kappa shape index (κ3) is 7.31. The van der Waals surface area contributed by atoms with Crippen molar-refractivity contribution in [2.45, 2.75) is 0 Å². The molecule has 0 aliphatic rings. The fraction of sp³-hybridized carbons (Fsp3) is 0.0870. The van der Waals surface area contributed by atoms with Crippen LogP contribution in [0.4, 0.5) is 0 Å². The van der Waals surface area contributed by atoms with Crippen molar-refractivity contribution in [3.63, 3.8) is 0 Å². The fourth-order valence-corrected chi connectivity index (χ4v) is 3.60. The maximum absolute atomic E-state index is 12.3. The van der Waals surface area contributed by atoms with Crippen LogP contribution in [0.5, 0.6) is 17.2 Å². The Labute approximate surface area is 211 Å². The molecule has 1 amide bonds. The average molecular weight is 597 g/mol. The molecule has 7 nitrogen and oxygen atoms in total. The second kappa shape index (κ2) is 11.8. The molecule has 170 valence electrons. The van der Waals surface area contributed by atoms with Gasteiger partial charge in [0.2, 0.25) is 0 Å². The number of hydrogen-bond donors (Lipinski definition) is 1. The maximum atomic E-state index is 12.3. The van der Waals surface area contributed by atoms with Crippen LogP contribution in [-0.4, -0.2) is 31.8 Å². The first kappa shape index (κ1) is 24.8. The van der Waals surface area contributed by atoms with Gasteiger partial charge in [0, 0.05) is 9.50 Å². The minimum atomic E-state index is -0.512. The summed E-state index contributed by atoms with van der Waals surface area (Å²) in [6.07, 6.45) is 1.43. The van der Waals surface area contributed by atoms with E-state index in [0.29, 0.717) is 32.1 Å². The van der Waals surface area contributed by atoms with Crippen LogP contribution in [0.1, 0.15) is 15.9 Å². The largest absolute Gasteiger partial charge is 0.493 e. The number of ether oxygens (including phenoxy) is 3. The Kier molecular flexibility index (Phi) is 8.87. The molecule has 3 aromatic carbocycles. The van der Waals surface area contributed by atoms with Crippen LogP contribution in [0.2, 0.25) is 5.02 Å². The van der Waals surface area contributed by atoms with E-state index in [4.69, 9.17) is 25.8 Å². The molecule has 0 saturated heterocycles. The summed E-state index contributed by atoms with van der Waals surface area (Å²) < 4.78 is 17.7. The van der Waals surface area contributed by atoms with Gasteiger partial charge in [0.1, 0.15) is 5.75 Å². The van der Waals surface area contributed by atoms with E-state index in [1.165, 1.54) is 13.3 Å². The van der Waals surface area contributed by atoms with Crippen molar-refractivity contribution in [2.24, 2.45) is 5.10 Å². The smallest absolute Gasteiger partial charge is 0.343 e. The zero-order valence-electron chi connectivity index (χ0n) is 17.2. The highest BCUT2D eigenvalue weighted by Gasteiger charge is 2.13. The number of esters is 1. The van der Waals surface area contributed by atoms with E-state index in [2.05, 4.69) is 42.4 Å². The number of rotatable bonds is 8. The van der Waals surface area contributed by atoms with Gasteiger partial charge >= 0.3 is 5.97 Å². The van der Waals surface area contributed by atoms with Crippen molar-refractivity contribution in [3.05, 3.63) is 85.8 Å². The molecular formula is C23H17Br2ClN2O5. The number of carbonyl (C=O) groups is 2. The first-order valence-electron chi connectivity index (χ1n) is 9.41. The lowest BCUT2D eigenvalue weighted by Gasteiger charge is -2.10. The molecule has 10 heteroatoms. The number of hydrogen-bond acceptors (Lipinski definition) is 6. The van der Waals surface area contributed by atoms with Gasteiger partial charge in [-0.1, -0.05) is 27.5 Å². The number of amides is 1. The lowest BCUT2D eigenvalue weighted by molar-refractivity contribution is -0.123. The van der Waals surface area contributed by atoms with Crippen LogP contribution >= 0.6 is 43.5 Å². The summed E-state index contributed by atoms with van der Waals surface area (Å²) in [6, 6.07) is 16.7. The minimum Gasteiger partial charge on any atom is -0.493 e. The zero-order valence-corrected chi connectivity index (χ0v) is 21.1. The molecule has 0 spiro atoms. The Balaban J connectivity index is 1.56. The van der Waals surface area contributed by atoms with Gasteiger partial charge in [-0.3, -0.25) is 4.79 Å². The molecule has 0 radical (unpaired) electrons. The van der Waals surface area contributed by atoms with E-state index in [-0.39, 0.29) is 12.4 Å². The van der Waals surface area contributed by atoms with Gasteiger partial charge in [-0.05, 0) is 82.2 Å². The minimum absolute atomic E-state index is 0.230. The van der Waals surface area contributed by atoms with E-state index in [1.807, 2.05) is 0 Å². The van der Waals surface area contributed by atoms with Gasteiger partial charge in [0.15, 0.2) is 18.1 Å². The van der Waals surface area contributed by atoms with E-state index in [9.17, 15) is 9.59 Å². The van der Waals surface area contributed by atoms with Crippen molar-refractivity contribution in [2.75, 3.05) is 13.7 Å². The first-order valence-corrected chi connectivity index (χ1v) is 11.4. The molecule has 0 aromatic heterocycles. The van der Waals surface area contributed by atoms with Gasteiger partial charge in [-0.2, -0.15) is 5.10 Å². The molecular weight excluding hydrogens is 580 g/mol. The van der Waals surface area contributed by atoms with Gasteiger partial charge in [-0.15, -0.1) is 0 Å². The fourth-order valence-electron chi connectivity index (χ4n) is 2.54. The Morgan fingerprint density at radius 3 is 2.42 bits per heavy atom. The first-order chi connectivity index (χ1) is 15.9. The molecule has 0 unspecified atom stereocenters. The molecule has 0 atom stereocenters. The monoisotopic (exact) mass is 594 g/mol. The highest BCUT2D eigenvalue weighted by molar-refractivity contribution is 9.10. The molecule has 0 aliphatic heterocycles. The maximum Gasteiger partial charge on any atom is 0.343 e. The Bertz CT molecular complexity index is 1190. The predicted octanol–water partition coefficient (Wildman–Crippen LogP) is 5.62. The standard InChI is InChI=1S/C23H17Br2ClN2O5/c1-31-21-10-14(2-8-20(21)33-23(30)15-3-5-16(24)6-4-15)12-27-28-22(29)13-32-19-9-7-17(26)11-18(19)25/h2-12H,13H2,1H3,(H,28,29)/b27-12-. The van der Waals surface area contributed by atoms with Crippen LogP contribution < -0.4 is 19.6 Å². The normalized spacial score (nSPS) is 10.7. The average Bonchev–Trinajstić information content (AvgIpc) is 2.79. The van der Waals surface area contributed by atoms with Crippen LogP contribution in [0.15, 0.2) is 74.7 Å². The highest BCUT2D eigenvalue weighted by atomic mass is 79.9. The van der Waals surface area contributed by atoms with E-state index in [1.54, 1.807) is 60.7 Å². The summed E-state index contributed by atoms with van der Waals surface area (Å²) in [7, 11) is 1.46. The summed E-state index contributed by atoms with van der Waals surface area (Å²) in [4.78, 5) is 24.3. The molecule has 0 bridgehead atoms.